The normalized spacial score (nSPS) is 26.5. The second-order valence-corrected chi connectivity index (χ2v) is 9.19. The van der Waals surface area contributed by atoms with Crippen LogP contribution in [0.15, 0.2) is 23.0 Å². The van der Waals surface area contributed by atoms with Gasteiger partial charge in [0.25, 0.3) is 5.91 Å². The lowest BCUT2D eigenvalue weighted by Crippen LogP contribution is -2.47. The Morgan fingerprint density at radius 3 is 2.46 bits per heavy atom. The third-order valence-corrected chi connectivity index (χ3v) is 7.15. The first kappa shape index (κ1) is 25.2. The number of rotatable bonds is 4. The van der Waals surface area contributed by atoms with Gasteiger partial charge < -0.3 is 19.4 Å². The maximum atomic E-state index is 14.6. The van der Waals surface area contributed by atoms with Gasteiger partial charge in [-0.25, -0.2) is 4.39 Å². The van der Waals surface area contributed by atoms with Gasteiger partial charge in [-0.3, -0.25) is 9.59 Å². The van der Waals surface area contributed by atoms with Crippen molar-refractivity contribution in [1.82, 2.24) is 9.88 Å². The summed E-state index contributed by atoms with van der Waals surface area (Å²) in [6.45, 7) is 4.49. The van der Waals surface area contributed by atoms with Crippen molar-refractivity contribution < 1.29 is 36.2 Å². The molecule has 0 radical (unpaired) electrons. The number of hydrogen-bond acceptors (Lipinski definition) is 4. The highest BCUT2D eigenvalue weighted by atomic mass is 19.4. The van der Waals surface area contributed by atoms with Crippen LogP contribution in [0.5, 0.6) is 5.75 Å². The lowest BCUT2D eigenvalue weighted by molar-refractivity contribution is -0.275. The molecule has 2 aliphatic rings. The number of benzene rings is 1. The minimum Gasteiger partial charge on any atom is -0.493 e. The summed E-state index contributed by atoms with van der Waals surface area (Å²) in [7, 11) is 1.08. The van der Waals surface area contributed by atoms with Gasteiger partial charge in [-0.15, -0.1) is 0 Å². The van der Waals surface area contributed by atoms with Gasteiger partial charge in [0.15, 0.2) is 22.6 Å². The van der Waals surface area contributed by atoms with E-state index in [4.69, 9.17) is 9.47 Å². The van der Waals surface area contributed by atoms with Gasteiger partial charge in [0.1, 0.15) is 11.7 Å². The molecule has 1 aromatic heterocycles. The van der Waals surface area contributed by atoms with Crippen LogP contribution in [0.25, 0.3) is 0 Å². The molecule has 2 aliphatic heterocycles. The molecule has 35 heavy (non-hydrogen) atoms. The molecule has 3 heterocycles. The first-order valence-corrected chi connectivity index (χ1v) is 11.1. The van der Waals surface area contributed by atoms with Crippen molar-refractivity contribution >= 4 is 5.91 Å². The zero-order valence-corrected chi connectivity index (χ0v) is 19.6. The molecule has 2 saturated heterocycles. The van der Waals surface area contributed by atoms with Crippen LogP contribution >= 0.6 is 0 Å². The van der Waals surface area contributed by atoms with Gasteiger partial charge in [0, 0.05) is 42.2 Å². The van der Waals surface area contributed by atoms with Gasteiger partial charge in [-0.05, 0) is 26.3 Å². The van der Waals surface area contributed by atoms with Crippen LogP contribution in [0.4, 0.5) is 22.0 Å². The smallest absolute Gasteiger partial charge is 0.417 e. The molecule has 2 fully saturated rings. The Kier molecular flexibility index (Phi) is 6.19. The number of hydrogen-bond donors (Lipinski definition) is 1. The summed E-state index contributed by atoms with van der Waals surface area (Å²) >= 11 is 0. The fraction of sp³-hybridized carbons (Fsp3) is 0.500. The van der Waals surface area contributed by atoms with Crippen molar-refractivity contribution in [1.29, 1.82) is 0 Å². The molecule has 190 valence electrons. The first-order valence-electron chi connectivity index (χ1n) is 11.1. The SMILES string of the molecule is COc1c([C@H]2[C@H](c3[nH]c(C)cc(=O)c3C(=O)N3CCC3)O[C@@](C)(C(F)(F)F)[C@H]2C)ccc(F)c1F. The van der Waals surface area contributed by atoms with Crippen molar-refractivity contribution in [2.24, 2.45) is 5.92 Å². The Labute approximate surface area is 198 Å². The molecule has 1 aromatic carbocycles. The quantitative estimate of drug-likeness (QED) is 0.622. The highest BCUT2D eigenvalue weighted by molar-refractivity contribution is 5.95. The van der Waals surface area contributed by atoms with E-state index in [0.29, 0.717) is 18.8 Å². The molecule has 0 bridgehead atoms. The average molecular weight is 500 g/mol. The summed E-state index contributed by atoms with van der Waals surface area (Å²) in [4.78, 5) is 30.3. The van der Waals surface area contributed by atoms with Crippen LogP contribution in [0.3, 0.4) is 0 Å². The lowest BCUT2D eigenvalue weighted by Gasteiger charge is -2.32. The number of pyridine rings is 1. The van der Waals surface area contributed by atoms with Gasteiger partial charge in [-0.1, -0.05) is 13.0 Å². The lowest BCUT2D eigenvalue weighted by atomic mass is 9.76. The molecule has 0 unspecified atom stereocenters. The number of aryl methyl sites for hydroxylation is 1. The molecule has 1 amide bonds. The number of carbonyl (C=O) groups is 1. The van der Waals surface area contributed by atoms with E-state index in [-0.39, 0.29) is 16.8 Å². The van der Waals surface area contributed by atoms with E-state index < -0.39 is 58.4 Å². The zero-order valence-electron chi connectivity index (χ0n) is 19.6. The predicted molar refractivity (Wildman–Crippen MR) is 115 cm³/mol. The third kappa shape index (κ3) is 3.89. The number of nitrogens with zero attached hydrogens (tertiary/aromatic N) is 1. The van der Waals surface area contributed by atoms with Crippen molar-refractivity contribution in [2.75, 3.05) is 20.2 Å². The average Bonchev–Trinajstić information content (AvgIpc) is 3.00. The van der Waals surface area contributed by atoms with Crippen LogP contribution in [-0.4, -0.2) is 47.8 Å². The molecule has 0 spiro atoms. The number of nitrogens with one attached hydrogen (secondary N) is 1. The van der Waals surface area contributed by atoms with Crippen LogP contribution < -0.4 is 10.2 Å². The molecule has 1 N–H and O–H groups in total. The summed E-state index contributed by atoms with van der Waals surface area (Å²) < 4.78 is 82.1. The Balaban J connectivity index is 1.98. The Hall–Kier alpha value is -2.95. The predicted octanol–water partition coefficient (Wildman–Crippen LogP) is 4.63. The molecule has 0 aliphatic carbocycles. The summed E-state index contributed by atoms with van der Waals surface area (Å²) in [6.07, 6.45) is -5.62. The largest absolute Gasteiger partial charge is 0.493 e. The van der Waals surface area contributed by atoms with Crippen molar-refractivity contribution in [3.63, 3.8) is 0 Å². The van der Waals surface area contributed by atoms with Gasteiger partial charge in [0.2, 0.25) is 5.82 Å². The van der Waals surface area contributed by atoms with E-state index in [1.807, 2.05) is 0 Å². The number of likely N-dealkylation sites (tertiary alicyclic amines) is 1. The van der Waals surface area contributed by atoms with Gasteiger partial charge in [-0.2, -0.15) is 17.6 Å². The van der Waals surface area contributed by atoms with E-state index >= 15 is 0 Å². The first-order chi connectivity index (χ1) is 16.3. The van der Waals surface area contributed by atoms with Crippen LogP contribution in [0.2, 0.25) is 0 Å². The number of H-pyrrole nitrogens is 1. The van der Waals surface area contributed by atoms with Crippen LogP contribution in [-0.2, 0) is 4.74 Å². The maximum absolute atomic E-state index is 14.6. The second kappa shape index (κ2) is 8.61. The van der Waals surface area contributed by atoms with Crippen molar-refractivity contribution in [3.05, 3.63) is 62.6 Å². The van der Waals surface area contributed by atoms with Crippen LogP contribution in [0.1, 0.15) is 59.6 Å². The van der Waals surface area contributed by atoms with E-state index in [1.165, 1.54) is 24.8 Å². The molecule has 0 saturated carbocycles. The number of carbonyl (C=O) groups excluding carboxylic acids is 1. The van der Waals surface area contributed by atoms with E-state index in [2.05, 4.69) is 4.98 Å². The summed E-state index contributed by atoms with van der Waals surface area (Å²) in [5.74, 6) is -6.35. The molecular formula is C24H25F5N2O4. The van der Waals surface area contributed by atoms with Gasteiger partial charge >= 0.3 is 6.18 Å². The number of halogens is 5. The number of methoxy groups -OCH3 is 1. The van der Waals surface area contributed by atoms with Crippen LogP contribution in [0, 0.1) is 24.5 Å². The highest BCUT2D eigenvalue weighted by Crippen LogP contribution is 2.59. The highest BCUT2D eigenvalue weighted by Gasteiger charge is 2.65. The third-order valence-electron chi connectivity index (χ3n) is 7.15. The summed E-state index contributed by atoms with van der Waals surface area (Å²) in [5, 5.41) is 0. The zero-order chi connectivity index (χ0) is 25.9. The van der Waals surface area contributed by atoms with Gasteiger partial charge in [0.05, 0.1) is 12.8 Å². The molecule has 4 rings (SSSR count). The minimum atomic E-state index is -4.85. The number of aromatic nitrogens is 1. The molecule has 4 atom stereocenters. The number of amides is 1. The number of aromatic amines is 1. The monoisotopic (exact) mass is 500 g/mol. The maximum Gasteiger partial charge on any atom is 0.417 e. The summed E-state index contributed by atoms with van der Waals surface area (Å²) in [5.41, 5.74) is -3.62. The van der Waals surface area contributed by atoms with E-state index in [0.717, 1.165) is 32.6 Å². The Bertz CT molecular complexity index is 1220. The fourth-order valence-electron chi connectivity index (χ4n) is 4.89. The second-order valence-electron chi connectivity index (χ2n) is 9.19. The molecule has 6 nitrogen and oxygen atoms in total. The number of alkyl halides is 3. The van der Waals surface area contributed by atoms with E-state index in [9.17, 15) is 31.5 Å². The summed E-state index contributed by atoms with van der Waals surface area (Å²) in [6, 6.07) is 3.12. The Morgan fingerprint density at radius 2 is 1.91 bits per heavy atom. The van der Waals surface area contributed by atoms with Crippen molar-refractivity contribution in [3.8, 4) is 5.75 Å². The Morgan fingerprint density at radius 1 is 1.26 bits per heavy atom. The van der Waals surface area contributed by atoms with Crippen molar-refractivity contribution in [2.45, 2.75) is 51.0 Å². The number of ether oxygens (including phenoxy) is 2. The molecule has 11 heteroatoms. The topological polar surface area (TPSA) is 71.6 Å². The fourth-order valence-corrected chi connectivity index (χ4v) is 4.89. The standard InChI is InChI=1S/C24H25F5N2O4/c1-11-10-15(32)17(22(33)31-8-5-9-31)19(30-11)21-16(12(2)23(3,35-21)24(27,28)29)13-6-7-14(25)18(26)20(13)34-4/h6-7,10,12,16,21H,5,8-9H2,1-4H3,(H,30,32)/t12-,16-,21+,23+/m0/s1. The molecular weight excluding hydrogens is 475 g/mol. The minimum absolute atomic E-state index is 0.0680. The molecule has 2 aromatic rings. The van der Waals surface area contributed by atoms with E-state index in [1.54, 1.807) is 0 Å².